The number of rotatable bonds is 6. The van der Waals surface area contributed by atoms with E-state index in [1.54, 1.807) is 47.6 Å². The van der Waals surface area contributed by atoms with Crippen LogP contribution in [-0.4, -0.2) is 22.8 Å². The Morgan fingerprint density at radius 2 is 1.72 bits per heavy atom. The van der Waals surface area contributed by atoms with Crippen LogP contribution in [0.3, 0.4) is 0 Å². The molecule has 11 heteroatoms. The minimum atomic E-state index is -4.81. The zero-order valence-corrected chi connectivity index (χ0v) is 16.1. The summed E-state index contributed by atoms with van der Waals surface area (Å²) in [6.07, 6.45) is 1.92. The molecular formula is C21H15F5N4O2. The standard InChI is InChI=1S/C21H15F5N4O2/c22-20(23)31-16-8-6-14(7-9-16)29-12-2-5-18(28-29)19-10-11-27-30(19)15-3-1-4-17(13-15)32-21(24,25)26/h1-13,20,28H. The number of halogens is 5. The molecule has 0 saturated heterocycles. The van der Waals surface area contributed by atoms with E-state index in [0.717, 1.165) is 0 Å². The van der Waals surface area contributed by atoms with Crippen LogP contribution in [0.15, 0.2) is 79.1 Å². The zero-order chi connectivity index (χ0) is 22.7. The molecule has 1 N–H and O–H groups in total. The van der Waals surface area contributed by atoms with Crippen molar-refractivity contribution in [3.05, 3.63) is 84.8 Å². The third-order valence-electron chi connectivity index (χ3n) is 4.29. The topological polar surface area (TPSA) is 51.5 Å². The fourth-order valence-corrected chi connectivity index (χ4v) is 3.04. The van der Waals surface area contributed by atoms with Crippen molar-refractivity contribution in [2.24, 2.45) is 0 Å². The highest BCUT2D eigenvalue weighted by molar-refractivity contribution is 5.69. The van der Waals surface area contributed by atoms with Crippen molar-refractivity contribution in [2.75, 3.05) is 5.01 Å². The first-order valence-electron chi connectivity index (χ1n) is 9.18. The predicted molar refractivity (Wildman–Crippen MR) is 106 cm³/mol. The van der Waals surface area contributed by atoms with Crippen LogP contribution in [0.4, 0.5) is 27.6 Å². The SMILES string of the molecule is FC(F)Oc1ccc(N2C=CC=C(c3ccnn3-c3cccc(OC(F)(F)F)c3)N2)cc1. The number of benzene rings is 2. The van der Waals surface area contributed by atoms with E-state index in [9.17, 15) is 22.0 Å². The van der Waals surface area contributed by atoms with Crippen molar-refractivity contribution in [1.29, 1.82) is 0 Å². The summed E-state index contributed by atoms with van der Waals surface area (Å²) in [5.74, 6) is -0.339. The molecule has 2 heterocycles. The van der Waals surface area contributed by atoms with Gasteiger partial charge in [-0.25, -0.2) is 4.68 Å². The van der Waals surface area contributed by atoms with Crippen molar-refractivity contribution in [2.45, 2.75) is 13.0 Å². The van der Waals surface area contributed by atoms with Gasteiger partial charge in [-0.2, -0.15) is 13.9 Å². The predicted octanol–water partition coefficient (Wildman–Crippen LogP) is 5.25. The Balaban J connectivity index is 1.55. The number of ether oxygens (including phenoxy) is 2. The molecule has 0 amide bonds. The smallest absolute Gasteiger partial charge is 0.435 e. The van der Waals surface area contributed by atoms with Crippen LogP contribution in [0.2, 0.25) is 0 Å². The summed E-state index contributed by atoms with van der Waals surface area (Å²) in [4.78, 5) is 0. The van der Waals surface area contributed by atoms with Crippen LogP contribution in [0.25, 0.3) is 11.4 Å². The summed E-state index contributed by atoms with van der Waals surface area (Å²) < 4.78 is 72.1. The molecular weight excluding hydrogens is 435 g/mol. The van der Waals surface area contributed by atoms with Crippen molar-refractivity contribution >= 4 is 11.4 Å². The molecule has 0 saturated carbocycles. The van der Waals surface area contributed by atoms with Crippen LogP contribution in [0, 0.1) is 0 Å². The second-order valence-electron chi connectivity index (χ2n) is 6.45. The largest absolute Gasteiger partial charge is 0.573 e. The van der Waals surface area contributed by atoms with Gasteiger partial charge in [0.1, 0.15) is 11.5 Å². The Morgan fingerprint density at radius 1 is 0.938 bits per heavy atom. The molecule has 0 unspecified atom stereocenters. The number of anilines is 1. The van der Waals surface area contributed by atoms with E-state index in [0.29, 0.717) is 22.8 Å². The Bertz CT molecular complexity index is 1140. The maximum absolute atomic E-state index is 12.6. The molecule has 1 aromatic heterocycles. The van der Waals surface area contributed by atoms with Gasteiger partial charge in [0.15, 0.2) is 0 Å². The monoisotopic (exact) mass is 450 g/mol. The molecule has 6 nitrogen and oxygen atoms in total. The van der Waals surface area contributed by atoms with E-state index in [1.807, 2.05) is 0 Å². The van der Waals surface area contributed by atoms with E-state index < -0.39 is 13.0 Å². The molecule has 0 aliphatic carbocycles. The van der Waals surface area contributed by atoms with Crippen molar-refractivity contribution in [1.82, 2.24) is 15.2 Å². The average molecular weight is 450 g/mol. The first kappa shape index (κ1) is 21.2. The lowest BCUT2D eigenvalue weighted by Crippen LogP contribution is -2.34. The van der Waals surface area contributed by atoms with Gasteiger partial charge in [0.05, 0.1) is 29.0 Å². The quantitative estimate of drug-likeness (QED) is 0.520. The van der Waals surface area contributed by atoms with Gasteiger partial charge in [-0.3, -0.25) is 10.4 Å². The van der Waals surface area contributed by atoms with Crippen LogP contribution in [0.5, 0.6) is 11.5 Å². The van der Waals surface area contributed by atoms with Gasteiger partial charge in [0.25, 0.3) is 0 Å². The molecule has 0 spiro atoms. The summed E-state index contributed by atoms with van der Waals surface area (Å²) in [6.45, 7) is -2.91. The fourth-order valence-electron chi connectivity index (χ4n) is 3.04. The molecule has 0 bridgehead atoms. The van der Waals surface area contributed by atoms with Gasteiger partial charge in [0.2, 0.25) is 0 Å². The molecule has 0 atom stereocenters. The van der Waals surface area contributed by atoms with Crippen LogP contribution >= 0.6 is 0 Å². The van der Waals surface area contributed by atoms with Gasteiger partial charge >= 0.3 is 13.0 Å². The van der Waals surface area contributed by atoms with Crippen LogP contribution < -0.4 is 19.9 Å². The van der Waals surface area contributed by atoms with Gasteiger partial charge < -0.3 is 9.47 Å². The third-order valence-corrected chi connectivity index (χ3v) is 4.29. The zero-order valence-electron chi connectivity index (χ0n) is 16.1. The Morgan fingerprint density at radius 3 is 2.44 bits per heavy atom. The molecule has 166 valence electrons. The van der Waals surface area contributed by atoms with E-state index >= 15 is 0 Å². The molecule has 1 aliphatic heterocycles. The molecule has 1 aliphatic rings. The minimum absolute atomic E-state index is 0.0274. The number of hydrazine groups is 1. The molecule has 32 heavy (non-hydrogen) atoms. The lowest BCUT2D eigenvalue weighted by Gasteiger charge is -2.27. The normalized spacial score (nSPS) is 13.7. The van der Waals surface area contributed by atoms with Crippen molar-refractivity contribution < 1.29 is 31.4 Å². The Kier molecular flexibility index (Phi) is 5.71. The fraction of sp³-hybridized carbons (Fsp3) is 0.0952. The van der Waals surface area contributed by atoms with Crippen molar-refractivity contribution in [3.63, 3.8) is 0 Å². The Labute approximate surface area is 178 Å². The summed E-state index contributed by atoms with van der Waals surface area (Å²) in [7, 11) is 0. The molecule has 3 aromatic rings. The van der Waals surface area contributed by atoms with E-state index in [4.69, 9.17) is 0 Å². The van der Waals surface area contributed by atoms with Crippen molar-refractivity contribution in [3.8, 4) is 17.2 Å². The number of allylic oxidation sites excluding steroid dienone is 2. The summed E-state index contributed by atoms with van der Waals surface area (Å²) in [6, 6.07) is 13.1. The number of hydrogen-bond donors (Lipinski definition) is 1. The maximum atomic E-state index is 12.6. The summed E-state index contributed by atoms with van der Waals surface area (Å²) in [5.41, 5.74) is 5.31. The lowest BCUT2D eigenvalue weighted by molar-refractivity contribution is -0.274. The summed E-state index contributed by atoms with van der Waals surface area (Å²) in [5, 5.41) is 5.85. The highest BCUT2D eigenvalue weighted by atomic mass is 19.4. The van der Waals surface area contributed by atoms with E-state index in [-0.39, 0.29) is 11.5 Å². The summed E-state index contributed by atoms with van der Waals surface area (Å²) >= 11 is 0. The number of nitrogens with one attached hydrogen (secondary N) is 1. The van der Waals surface area contributed by atoms with Crippen LogP contribution in [0.1, 0.15) is 5.69 Å². The number of alkyl halides is 5. The van der Waals surface area contributed by atoms with Crippen LogP contribution in [-0.2, 0) is 0 Å². The number of nitrogens with zero attached hydrogens (tertiary/aromatic N) is 3. The highest BCUT2D eigenvalue weighted by Gasteiger charge is 2.31. The molecule has 4 rings (SSSR count). The number of hydrogen-bond acceptors (Lipinski definition) is 5. The second kappa shape index (κ2) is 8.61. The van der Waals surface area contributed by atoms with E-state index in [1.165, 1.54) is 41.2 Å². The average Bonchev–Trinajstić information content (AvgIpc) is 3.23. The molecule has 0 radical (unpaired) electrons. The first-order valence-corrected chi connectivity index (χ1v) is 9.18. The molecule has 2 aromatic carbocycles. The third kappa shape index (κ3) is 4.99. The number of aromatic nitrogens is 2. The second-order valence-corrected chi connectivity index (χ2v) is 6.45. The molecule has 0 fully saturated rings. The first-order chi connectivity index (χ1) is 15.3. The lowest BCUT2D eigenvalue weighted by atomic mass is 10.2. The minimum Gasteiger partial charge on any atom is -0.435 e. The maximum Gasteiger partial charge on any atom is 0.573 e. The highest BCUT2D eigenvalue weighted by Crippen LogP contribution is 2.27. The van der Waals surface area contributed by atoms with Gasteiger partial charge in [-0.1, -0.05) is 6.07 Å². The Hall–Kier alpha value is -4.02. The van der Waals surface area contributed by atoms with E-state index in [2.05, 4.69) is 20.0 Å². The van der Waals surface area contributed by atoms with Gasteiger partial charge in [-0.05, 0) is 54.6 Å². The van der Waals surface area contributed by atoms with Gasteiger partial charge in [0, 0.05) is 12.3 Å². The van der Waals surface area contributed by atoms with Gasteiger partial charge in [-0.15, -0.1) is 13.2 Å².